The second kappa shape index (κ2) is 4.56. The van der Waals surface area contributed by atoms with Gasteiger partial charge in [-0.2, -0.15) is 0 Å². The lowest BCUT2D eigenvalue weighted by Gasteiger charge is -2.05. The number of nitrogens with zero attached hydrogens (tertiary/aromatic N) is 2. The summed E-state index contributed by atoms with van der Waals surface area (Å²) in [5.41, 5.74) is 1.59. The van der Waals surface area contributed by atoms with Crippen molar-refractivity contribution in [2.24, 2.45) is 5.16 Å². The fourth-order valence-electron chi connectivity index (χ4n) is 1.90. The second-order valence-electron chi connectivity index (χ2n) is 4.08. The number of aromatic nitrogens is 1. The molecule has 0 amide bonds. The minimum absolute atomic E-state index is 0.334. The van der Waals surface area contributed by atoms with Crippen molar-refractivity contribution in [2.75, 3.05) is 0 Å². The molecule has 3 rings (SSSR count). The molecule has 96 valence electrons. The molecule has 0 fully saturated rings. The van der Waals surface area contributed by atoms with Gasteiger partial charge >= 0.3 is 5.76 Å². The van der Waals surface area contributed by atoms with Crippen LogP contribution in [0.3, 0.4) is 0 Å². The van der Waals surface area contributed by atoms with E-state index in [4.69, 9.17) is 4.84 Å². The molecule has 2 heterocycles. The Labute approximate surface area is 107 Å². The molecule has 1 atom stereocenters. The van der Waals surface area contributed by atoms with E-state index in [1.807, 2.05) is 30.3 Å². The summed E-state index contributed by atoms with van der Waals surface area (Å²) in [7, 11) is 0. The van der Waals surface area contributed by atoms with Gasteiger partial charge in [0.15, 0.2) is 0 Å². The molecule has 6 nitrogen and oxygen atoms in total. The van der Waals surface area contributed by atoms with Gasteiger partial charge in [-0.25, -0.2) is 9.36 Å². The number of benzene rings is 1. The summed E-state index contributed by atoms with van der Waals surface area (Å²) < 4.78 is 5.43. The average Bonchev–Trinajstić information content (AvgIpc) is 3.08. The van der Waals surface area contributed by atoms with Crippen LogP contribution < -0.4 is 5.76 Å². The summed E-state index contributed by atoms with van der Waals surface area (Å²) >= 11 is 0. The Hall–Kier alpha value is -2.63. The summed E-state index contributed by atoms with van der Waals surface area (Å²) in [6.07, 6.45) is 1.98. The molecule has 0 saturated carbocycles. The highest BCUT2D eigenvalue weighted by molar-refractivity contribution is 6.04. The number of oxime groups is 1. The fourth-order valence-corrected chi connectivity index (χ4v) is 1.90. The van der Waals surface area contributed by atoms with E-state index < -0.39 is 17.8 Å². The molecule has 1 aliphatic heterocycles. The highest BCUT2D eigenvalue weighted by Gasteiger charge is 2.30. The van der Waals surface area contributed by atoms with E-state index in [-0.39, 0.29) is 0 Å². The molecule has 1 aromatic heterocycles. The lowest BCUT2D eigenvalue weighted by atomic mass is 10.0. The Morgan fingerprint density at radius 1 is 1.32 bits per heavy atom. The van der Waals surface area contributed by atoms with Crippen molar-refractivity contribution in [3.8, 4) is 0 Å². The van der Waals surface area contributed by atoms with Crippen LogP contribution in [0.5, 0.6) is 0 Å². The third-order valence-corrected chi connectivity index (χ3v) is 2.86. The van der Waals surface area contributed by atoms with Crippen LogP contribution in [0.1, 0.15) is 16.8 Å². The van der Waals surface area contributed by atoms with Gasteiger partial charge in [-0.3, -0.25) is 4.79 Å². The summed E-state index contributed by atoms with van der Waals surface area (Å²) in [6, 6.07) is 9.44. The topological polar surface area (TPSA) is 73.8 Å². The zero-order valence-electron chi connectivity index (χ0n) is 9.85. The van der Waals surface area contributed by atoms with Crippen molar-refractivity contribution >= 4 is 11.6 Å². The van der Waals surface area contributed by atoms with Crippen LogP contribution in [0.2, 0.25) is 0 Å². The minimum atomic E-state index is -0.787. The van der Waals surface area contributed by atoms with Crippen LogP contribution in [0, 0.1) is 0 Å². The predicted octanol–water partition coefficient (Wildman–Crippen LogP) is 1.27. The summed E-state index contributed by atoms with van der Waals surface area (Å²) in [5, 5.41) is 3.90. The molecule has 1 aliphatic rings. The first kappa shape index (κ1) is 11.5. The van der Waals surface area contributed by atoms with Gasteiger partial charge in [0, 0.05) is 6.42 Å². The quantitative estimate of drug-likeness (QED) is 0.813. The first-order valence-electron chi connectivity index (χ1n) is 5.74. The smallest absolute Gasteiger partial charge is 0.416 e. The van der Waals surface area contributed by atoms with E-state index in [0.717, 1.165) is 16.4 Å². The van der Waals surface area contributed by atoms with Crippen molar-refractivity contribution in [2.45, 2.75) is 12.5 Å². The molecule has 0 radical (unpaired) electrons. The zero-order chi connectivity index (χ0) is 13.2. The SMILES string of the molecule is O=C(C1CC(c2ccccc2)=NO1)n1ccoc1=O. The number of hydrogen-bond donors (Lipinski definition) is 0. The molecular formula is C13H10N2O4. The van der Waals surface area contributed by atoms with Crippen molar-refractivity contribution in [1.29, 1.82) is 0 Å². The van der Waals surface area contributed by atoms with E-state index in [9.17, 15) is 9.59 Å². The molecule has 0 bridgehead atoms. The summed E-state index contributed by atoms with van der Waals surface area (Å²) in [4.78, 5) is 28.4. The van der Waals surface area contributed by atoms with Crippen LogP contribution in [-0.4, -0.2) is 22.3 Å². The second-order valence-corrected chi connectivity index (χ2v) is 4.08. The van der Waals surface area contributed by atoms with Gasteiger partial charge in [0.1, 0.15) is 6.26 Å². The fraction of sp³-hybridized carbons (Fsp3) is 0.154. The largest absolute Gasteiger partial charge is 0.425 e. The maximum Gasteiger partial charge on any atom is 0.425 e. The van der Waals surface area contributed by atoms with Crippen molar-refractivity contribution in [1.82, 2.24) is 4.57 Å². The summed E-state index contributed by atoms with van der Waals surface area (Å²) in [5.74, 6) is -1.20. The van der Waals surface area contributed by atoms with Gasteiger partial charge in [0.05, 0.1) is 11.9 Å². The average molecular weight is 258 g/mol. The van der Waals surface area contributed by atoms with Gasteiger partial charge in [0.25, 0.3) is 5.91 Å². The van der Waals surface area contributed by atoms with Crippen LogP contribution in [-0.2, 0) is 4.84 Å². The van der Waals surface area contributed by atoms with Crippen molar-refractivity contribution < 1.29 is 14.0 Å². The molecule has 0 N–H and O–H groups in total. The maximum atomic E-state index is 12.0. The van der Waals surface area contributed by atoms with Gasteiger partial charge in [-0.05, 0) is 5.56 Å². The van der Waals surface area contributed by atoms with E-state index in [1.165, 1.54) is 6.20 Å². The van der Waals surface area contributed by atoms with Gasteiger partial charge in [-0.15, -0.1) is 0 Å². The monoisotopic (exact) mass is 258 g/mol. The van der Waals surface area contributed by atoms with E-state index in [0.29, 0.717) is 12.1 Å². The molecule has 19 heavy (non-hydrogen) atoms. The normalized spacial score (nSPS) is 17.9. The van der Waals surface area contributed by atoms with Crippen molar-refractivity contribution in [3.63, 3.8) is 0 Å². The third kappa shape index (κ3) is 2.08. The van der Waals surface area contributed by atoms with Crippen LogP contribution in [0.25, 0.3) is 0 Å². The number of carbonyl (C=O) groups excluding carboxylic acids is 1. The summed E-state index contributed by atoms with van der Waals surface area (Å²) in [6.45, 7) is 0. The third-order valence-electron chi connectivity index (χ3n) is 2.86. The molecule has 2 aromatic rings. The molecule has 0 aliphatic carbocycles. The van der Waals surface area contributed by atoms with Crippen LogP contribution in [0.4, 0.5) is 0 Å². The zero-order valence-corrected chi connectivity index (χ0v) is 9.85. The lowest BCUT2D eigenvalue weighted by Crippen LogP contribution is -2.32. The number of hydrogen-bond acceptors (Lipinski definition) is 5. The lowest BCUT2D eigenvalue weighted by molar-refractivity contribution is 0.0463. The number of carbonyl (C=O) groups is 1. The molecular weight excluding hydrogens is 248 g/mol. The van der Waals surface area contributed by atoms with Crippen LogP contribution in [0.15, 0.2) is 57.2 Å². The molecule has 1 aromatic carbocycles. The highest BCUT2D eigenvalue weighted by Crippen LogP contribution is 2.17. The minimum Gasteiger partial charge on any atom is -0.416 e. The number of oxazole rings is 1. The standard InChI is InChI=1S/C13H10N2O4/c16-12(15-6-7-18-13(15)17)11-8-10(14-19-11)9-4-2-1-3-5-9/h1-7,11H,8H2. The maximum absolute atomic E-state index is 12.0. The Morgan fingerprint density at radius 2 is 2.11 bits per heavy atom. The molecule has 6 heteroatoms. The first-order chi connectivity index (χ1) is 9.25. The Balaban J connectivity index is 1.77. The Kier molecular flexibility index (Phi) is 2.75. The Morgan fingerprint density at radius 3 is 2.79 bits per heavy atom. The van der Waals surface area contributed by atoms with E-state index >= 15 is 0 Å². The highest BCUT2D eigenvalue weighted by atomic mass is 16.6. The van der Waals surface area contributed by atoms with Crippen LogP contribution >= 0.6 is 0 Å². The van der Waals surface area contributed by atoms with Gasteiger partial charge in [0.2, 0.25) is 6.10 Å². The predicted molar refractivity (Wildman–Crippen MR) is 66.1 cm³/mol. The first-order valence-corrected chi connectivity index (χ1v) is 5.74. The van der Waals surface area contributed by atoms with Gasteiger partial charge in [-0.1, -0.05) is 35.5 Å². The number of rotatable bonds is 2. The molecule has 0 spiro atoms. The van der Waals surface area contributed by atoms with Crippen molar-refractivity contribution in [3.05, 3.63) is 58.9 Å². The van der Waals surface area contributed by atoms with Gasteiger partial charge < -0.3 is 9.25 Å². The Bertz CT molecular complexity index is 684. The van der Waals surface area contributed by atoms with E-state index in [1.54, 1.807) is 0 Å². The van der Waals surface area contributed by atoms with E-state index in [2.05, 4.69) is 9.57 Å². The molecule has 0 saturated heterocycles. The molecule has 1 unspecified atom stereocenters.